The highest BCUT2D eigenvalue weighted by atomic mass is 16.4. The van der Waals surface area contributed by atoms with E-state index in [2.05, 4.69) is 5.32 Å². The van der Waals surface area contributed by atoms with E-state index in [4.69, 9.17) is 5.11 Å². The maximum absolute atomic E-state index is 11.1. The molecule has 0 aliphatic rings. The van der Waals surface area contributed by atoms with Crippen molar-refractivity contribution in [2.24, 2.45) is 0 Å². The number of hydrogen-bond acceptors (Lipinski definition) is 4. The second-order valence-corrected chi connectivity index (χ2v) is 4.89. The van der Waals surface area contributed by atoms with Crippen LogP contribution < -0.4 is 5.32 Å². The van der Waals surface area contributed by atoms with E-state index in [0.717, 1.165) is 0 Å². The lowest BCUT2D eigenvalue weighted by Gasteiger charge is -2.19. The van der Waals surface area contributed by atoms with E-state index in [1.807, 2.05) is 6.92 Å². The standard InChI is InChI=1S/C16H17NO4/c1-9-12(16(20)21)4-3-5-14(9)17-10(2)13-7-6-11(18)8-15(13)19/h3-8,10,17-19H,1-2H3,(H,20,21). The molecule has 21 heavy (non-hydrogen) atoms. The summed E-state index contributed by atoms with van der Waals surface area (Å²) in [5, 5.41) is 31.5. The third-order valence-electron chi connectivity index (χ3n) is 3.42. The van der Waals surface area contributed by atoms with Gasteiger partial charge in [-0.25, -0.2) is 4.79 Å². The van der Waals surface area contributed by atoms with E-state index >= 15 is 0 Å². The van der Waals surface area contributed by atoms with Crippen molar-refractivity contribution in [2.75, 3.05) is 5.32 Å². The summed E-state index contributed by atoms with van der Waals surface area (Å²) in [5.41, 5.74) is 2.18. The number of anilines is 1. The van der Waals surface area contributed by atoms with Gasteiger partial charge in [-0.05, 0) is 43.7 Å². The molecule has 0 bridgehead atoms. The van der Waals surface area contributed by atoms with Gasteiger partial charge in [-0.15, -0.1) is 0 Å². The Morgan fingerprint density at radius 3 is 2.52 bits per heavy atom. The Hall–Kier alpha value is -2.69. The molecule has 110 valence electrons. The quantitative estimate of drug-likeness (QED) is 0.693. The largest absolute Gasteiger partial charge is 0.508 e. The first-order valence-corrected chi connectivity index (χ1v) is 6.51. The Bertz CT molecular complexity index is 682. The molecule has 2 rings (SSSR count). The molecule has 5 nitrogen and oxygen atoms in total. The number of phenolic OH excluding ortho intramolecular Hbond substituents is 2. The normalized spacial score (nSPS) is 11.9. The number of phenols is 2. The molecule has 0 aliphatic heterocycles. The third kappa shape index (κ3) is 3.08. The van der Waals surface area contributed by atoms with Gasteiger partial charge in [0.15, 0.2) is 0 Å². The molecular formula is C16H17NO4. The van der Waals surface area contributed by atoms with Crippen molar-refractivity contribution < 1.29 is 20.1 Å². The fourth-order valence-corrected chi connectivity index (χ4v) is 2.23. The molecule has 0 saturated heterocycles. The summed E-state index contributed by atoms with van der Waals surface area (Å²) in [6.07, 6.45) is 0. The van der Waals surface area contributed by atoms with Crippen LogP contribution in [0.4, 0.5) is 5.69 Å². The first-order chi connectivity index (χ1) is 9.90. The predicted octanol–water partition coefficient (Wildman–Crippen LogP) is 3.28. The molecule has 0 fully saturated rings. The molecule has 0 saturated carbocycles. The molecule has 1 atom stereocenters. The minimum absolute atomic E-state index is 0.00694. The number of carboxylic acids is 1. The molecule has 0 spiro atoms. The van der Waals surface area contributed by atoms with Crippen LogP contribution in [-0.2, 0) is 0 Å². The number of carbonyl (C=O) groups is 1. The maximum atomic E-state index is 11.1. The highest BCUT2D eigenvalue weighted by molar-refractivity contribution is 5.91. The Kier molecular flexibility index (Phi) is 4.03. The van der Waals surface area contributed by atoms with Crippen LogP contribution in [0.15, 0.2) is 36.4 Å². The maximum Gasteiger partial charge on any atom is 0.336 e. The molecular weight excluding hydrogens is 270 g/mol. The third-order valence-corrected chi connectivity index (χ3v) is 3.42. The van der Waals surface area contributed by atoms with Gasteiger partial charge >= 0.3 is 5.97 Å². The highest BCUT2D eigenvalue weighted by Crippen LogP contribution is 2.31. The zero-order valence-corrected chi connectivity index (χ0v) is 11.8. The fraction of sp³-hybridized carbons (Fsp3) is 0.188. The Morgan fingerprint density at radius 1 is 1.19 bits per heavy atom. The van der Waals surface area contributed by atoms with E-state index in [1.165, 1.54) is 12.1 Å². The van der Waals surface area contributed by atoms with E-state index in [0.29, 0.717) is 16.8 Å². The molecule has 1 unspecified atom stereocenters. The van der Waals surface area contributed by atoms with Gasteiger partial charge in [-0.3, -0.25) is 0 Å². The van der Waals surface area contributed by atoms with Crippen LogP contribution >= 0.6 is 0 Å². The number of hydrogen-bond donors (Lipinski definition) is 4. The zero-order valence-electron chi connectivity index (χ0n) is 11.8. The van der Waals surface area contributed by atoms with Crippen molar-refractivity contribution in [1.82, 2.24) is 0 Å². The summed E-state index contributed by atoms with van der Waals surface area (Å²) < 4.78 is 0. The number of aromatic carboxylic acids is 1. The van der Waals surface area contributed by atoms with Crippen molar-refractivity contribution in [3.63, 3.8) is 0 Å². The SMILES string of the molecule is Cc1c(NC(C)c2ccc(O)cc2O)cccc1C(=O)O. The topological polar surface area (TPSA) is 89.8 Å². The van der Waals surface area contributed by atoms with Crippen molar-refractivity contribution in [2.45, 2.75) is 19.9 Å². The number of aromatic hydroxyl groups is 2. The van der Waals surface area contributed by atoms with Gasteiger partial charge in [0, 0.05) is 17.3 Å². The molecule has 5 heteroatoms. The lowest BCUT2D eigenvalue weighted by molar-refractivity contribution is 0.0696. The van der Waals surface area contributed by atoms with Gasteiger partial charge in [-0.1, -0.05) is 6.07 Å². The van der Waals surface area contributed by atoms with Crippen LogP contribution in [0.5, 0.6) is 11.5 Å². The summed E-state index contributed by atoms with van der Waals surface area (Å²) in [4.78, 5) is 11.1. The lowest BCUT2D eigenvalue weighted by atomic mass is 10.0. The van der Waals surface area contributed by atoms with Crippen LogP contribution in [0.1, 0.15) is 34.5 Å². The number of nitrogens with one attached hydrogen (secondary N) is 1. The summed E-state index contributed by atoms with van der Waals surface area (Å²) in [6.45, 7) is 3.58. The van der Waals surface area contributed by atoms with E-state index in [1.54, 1.807) is 31.2 Å². The Morgan fingerprint density at radius 2 is 1.90 bits per heavy atom. The lowest BCUT2D eigenvalue weighted by Crippen LogP contribution is -2.10. The summed E-state index contributed by atoms with van der Waals surface area (Å²) >= 11 is 0. The van der Waals surface area contributed by atoms with Crippen LogP contribution in [0.3, 0.4) is 0 Å². The Balaban J connectivity index is 2.29. The van der Waals surface area contributed by atoms with E-state index in [-0.39, 0.29) is 23.1 Å². The molecule has 0 heterocycles. The second kappa shape index (κ2) is 5.75. The number of benzene rings is 2. The Labute approximate surface area is 122 Å². The molecule has 0 aromatic heterocycles. The van der Waals surface area contributed by atoms with Gasteiger partial charge in [0.05, 0.1) is 11.6 Å². The molecule has 2 aromatic carbocycles. The summed E-state index contributed by atoms with van der Waals surface area (Å²) in [7, 11) is 0. The van der Waals surface area contributed by atoms with Crippen LogP contribution in [0, 0.1) is 6.92 Å². The molecule has 0 radical (unpaired) electrons. The van der Waals surface area contributed by atoms with Crippen molar-refractivity contribution in [3.8, 4) is 11.5 Å². The predicted molar refractivity (Wildman–Crippen MR) is 79.9 cm³/mol. The number of carboxylic acid groups (broad SMARTS) is 1. The van der Waals surface area contributed by atoms with Gasteiger partial charge in [-0.2, -0.15) is 0 Å². The van der Waals surface area contributed by atoms with Crippen LogP contribution in [0.2, 0.25) is 0 Å². The van der Waals surface area contributed by atoms with Crippen molar-refractivity contribution in [1.29, 1.82) is 0 Å². The van der Waals surface area contributed by atoms with Crippen LogP contribution in [0.25, 0.3) is 0 Å². The minimum Gasteiger partial charge on any atom is -0.508 e. The molecule has 0 aliphatic carbocycles. The molecule has 2 aromatic rings. The summed E-state index contributed by atoms with van der Waals surface area (Å²) in [5.74, 6) is -0.995. The minimum atomic E-state index is -0.976. The second-order valence-electron chi connectivity index (χ2n) is 4.89. The highest BCUT2D eigenvalue weighted by Gasteiger charge is 2.14. The van der Waals surface area contributed by atoms with E-state index in [9.17, 15) is 15.0 Å². The van der Waals surface area contributed by atoms with Gasteiger partial charge in [0.2, 0.25) is 0 Å². The molecule has 4 N–H and O–H groups in total. The number of rotatable bonds is 4. The monoisotopic (exact) mass is 287 g/mol. The first-order valence-electron chi connectivity index (χ1n) is 6.51. The average Bonchev–Trinajstić information content (AvgIpc) is 2.40. The van der Waals surface area contributed by atoms with Crippen LogP contribution in [-0.4, -0.2) is 21.3 Å². The van der Waals surface area contributed by atoms with Gasteiger partial charge < -0.3 is 20.6 Å². The average molecular weight is 287 g/mol. The van der Waals surface area contributed by atoms with Gasteiger partial charge in [0.1, 0.15) is 11.5 Å². The first kappa shape index (κ1) is 14.7. The smallest absolute Gasteiger partial charge is 0.336 e. The van der Waals surface area contributed by atoms with Crippen molar-refractivity contribution in [3.05, 3.63) is 53.1 Å². The van der Waals surface area contributed by atoms with Gasteiger partial charge in [0.25, 0.3) is 0 Å². The van der Waals surface area contributed by atoms with Crippen molar-refractivity contribution >= 4 is 11.7 Å². The fourth-order valence-electron chi connectivity index (χ4n) is 2.23. The zero-order chi connectivity index (χ0) is 15.6. The van der Waals surface area contributed by atoms with E-state index < -0.39 is 5.97 Å². The molecule has 0 amide bonds. The summed E-state index contributed by atoms with van der Waals surface area (Å²) in [6, 6.07) is 9.15.